The molecule has 0 aromatic rings. The molecule has 0 saturated carbocycles. The number of ketones is 1. The van der Waals surface area contributed by atoms with Gasteiger partial charge in [-0.05, 0) is 19.8 Å². The summed E-state index contributed by atoms with van der Waals surface area (Å²) in [6, 6.07) is 0. The minimum Gasteiger partial charge on any atom is -0.448 e. The number of hydrazine groups is 1. The Morgan fingerprint density at radius 2 is 1.69 bits per heavy atom. The number of carbonyl (C=O) groups is 3. The zero-order valence-corrected chi connectivity index (χ0v) is 9.56. The van der Waals surface area contributed by atoms with Gasteiger partial charge >= 0.3 is 12.0 Å². The summed E-state index contributed by atoms with van der Waals surface area (Å²) in [6.45, 7) is 3.94. The van der Waals surface area contributed by atoms with Crippen LogP contribution in [0.25, 0.3) is 0 Å². The number of hydrogen-bond donors (Lipinski definition) is 0. The van der Waals surface area contributed by atoms with Crippen LogP contribution in [-0.2, 0) is 14.3 Å². The fourth-order valence-corrected chi connectivity index (χ4v) is 1.55. The van der Waals surface area contributed by atoms with E-state index in [9.17, 15) is 14.4 Å². The zero-order chi connectivity index (χ0) is 12.1. The van der Waals surface area contributed by atoms with Crippen LogP contribution < -0.4 is 0 Å². The molecule has 1 saturated heterocycles. The quantitative estimate of drug-likeness (QED) is 0.648. The van der Waals surface area contributed by atoms with E-state index in [2.05, 4.69) is 0 Å². The van der Waals surface area contributed by atoms with E-state index < -0.39 is 17.8 Å². The van der Waals surface area contributed by atoms with Crippen molar-refractivity contribution in [2.24, 2.45) is 0 Å². The Labute approximate surface area is 94.1 Å². The van der Waals surface area contributed by atoms with Gasteiger partial charge in [0, 0.05) is 20.0 Å². The fourth-order valence-electron chi connectivity index (χ4n) is 1.55. The molecule has 0 aromatic heterocycles. The third kappa shape index (κ3) is 2.71. The highest BCUT2D eigenvalue weighted by Crippen LogP contribution is 2.12. The van der Waals surface area contributed by atoms with Crippen LogP contribution in [-0.4, -0.2) is 47.5 Å². The van der Waals surface area contributed by atoms with E-state index in [4.69, 9.17) is 4.74 Å². The van der Waals surface area contributed by atoms with E-state index in [1.165, 1.54) is 16.9 Å². The fraction of sp³-hybridized carbons (Fsp3) is 0.700. The van der Waals surface area contributed by atoms with Gasteiger partial charge in [-0.2, -0.15) is 0 Å². The van der Waals surface area contributed by atoms with E-state index >= 15 is 0 Å². The Morgan fingerprint density at radius 3 is 2.19 bits per heavy atom. The number of Topliss-reactive ketones (excluding diaryl/α,β-unsaturated/α-hetero) is 1. The molecular weight excluding hydrogens is 212 g/mol. The predicted molar refractivity (Wildman–Crippen MR) is 55.4 cm³/mol. The van der Waals surface area contributed by atoms with Gasteiger partial charge in [-0.15, -0.1) is 0 Å². The molecule has 1 aliphatic heterocycles. The molecule has 0 spiro atoms. The second-order valence-corrected chi connectivity index (χ2v) is 3.51. The van der Waals surface area contributed by atoms with Crippen molar-refractivity contribution in [1.82, 2.24) is 10.0 Å². The molecule has 1 fully saturated rings. The molecule has 0 radical (unpaired) electrons. The molecule has 1 rings (SSSR count). The van der Waals surface area contributed by atoms with Gasteiger partial charge in [0.25, 0.3) is 0 Å². The van der Waals surface area contributed by atoms with Crippen LogP contribution in [0.3, 0.4) is 0 Å². The van der Waals surface area contributed by atoms with Gasteiger partial charge in [0.2, 0.25) is 5.78 Å². The van der Waals surface area contributed by atoms with Crippen LogP contribution >= 0.6 is 0 Å². The minimum atomic E-state index is -0.659. The molecule has 1 aliphatic rings. The van der Waals surface area contributed by atoms with Crippen molar-refractivity contribution in [3.8, 4) is 0 Å². The number of ether oxygens (including phenoxy) is 1. The molecular formula is C10H16N2O4. The predicted octanol–water partition coefficient (Wildman–Crippen LogP) is 0.571. The van der Waals surface area contributed by atoms with Crippen molar-refractivity contribution < 1.29 is 19.1 Å². The largest absolute Gasteiger partial charge is 0.448 e. The molecule has 16 heavy (non-hydrogen) atoms. The zero-order valence-electron chi connectivity index (χ0n) is 9.56. The maximum absolute atomic E-state index is 11.5. The molecule has 0 unspecified atom stereocenters. The first-order chi connectivity index (χ1) is 7.57. The summed E-state index contributed by atoms with van der Waals surface area (Å²) in [7, 11) is 0. The Hall–Kier alpha value is -1.59. The number of rotatable bonds is 2. The second kappa shape index (κ2) is 5.48. The Kier molecular flexibility index (Phi) is 4.28. The average molecular weight is 228 g/mol. The monoisotopic (exact) mass is 228 g/mol. The lowest BCUT2D eigenvalue weighted by Crippen LogP contribution is -2.54. The van der Waals surface area contributed by atoms with Gasteiger partial charge in [0.1, 0.15) is 0 Å². The molecule has 0 atom stereocenters. The molecule has 0 aliphatic carbocycles. The maximum atomic E-state index is 11.5. The summed E-state index contributed by atoms with van der Waals surface area (Å²) in [5, 5.41) is 2.38. The first-order valence-corrected chi connectivity index (χ1v) is 5.34. The third-order valence-electron chi connectivity index (χ3n) is 2.30. The molecule has 90 valence electrons. The number of carbonyl (C=O) groups excluding carboxylic acids is 3. The van der Waals surface area contributed by atoms with Crippen molar-refractivity contribution >= 4 is 17.8 Å². The van der Waals surface area contributed by atoms with Crippen molar-refractivity contribution in [2.45, 2.75) is 26.7 Å². The van der Waals surface area contributed by atoms with Gasteiger partial charge < -0.3 is 4.74 Å². The van der Waals surface area contributed by atoms with Crippen LogP contribution in [0.5, 0.6) is 0 Å². The van der Waals surface area contributed by atoms with Gasteiger partial charge in [-0.25, -0.2) is 14.8 Å². The van der Waals surface area contributed by atoms with Gasteiger partial charge in [0.05, 0.1) is 6.61 Å². The Balaban J connectivity index is 2.74. The number of nitrogens with zero attached hydrogens (tertiary/aromatic N) is 2. The minimum absolute atomic E-state index is 0.247. The standard InChI is InChI=1S/C10H16N2O4/c1-3-16-10(15)12-7-5-4-6-11(12)9(14)8(2)13/h3-7H2,1-2H3. The number of amides is 2. The summed E-state index contributed by atoms with van der Waals surface area (Å²) in [5.41, 5.74) is 0. The smallest absolute Gasteiger partial charge is 0.428 e. The van der Waals surface area contributed by atoms with Crippen molar-refractivity contribution in [2.75, 3.05) is 19.7 Å². The van der Waals surface area contributed by atoms with Gasteiger partial charge in [-0.1, -0.05) is 0 Å². The summed E-state index contributed by atoms with van der Waals surface area (Å²) in [4.78, 5) is 34.1. The molecule has 2 amide bonds. The SMILES string of the molecule is CCOC(=O)N1CCCCN1C(=O)C(C)=O. The first kappa shape index (κ1) is 12.5. The van der Waals surface area contributed by atoms with Crippen LogP contribution in [0.4, 0.5) is 4.79 Å². The number of hydrogen-bond acceptors (Lipinski definition) is 4. The van der Waals surface area contributed by atoms with Crippen LogP contribution in [0.2, 0.25) is 0 Å². The summed E-state index contributed by atoms with van der Waals surface area (Å²) >= 11 is 0. The van der Waals surface area contributed by atoms with E-state index in [0.717, 1.165) is 12.8 Å². The second-order valence-electron chi connectivity index (χ2n) is 3.51. The molecule has 0 aromatic carbocycles. The third-order valence-corrected chi connectivity index (χ3v) is 2.30. The topological polar surface area (TPSA) is 66.9 Å². The first-order valence-electron chi connectivity index (χ1n) is 5.34. The summed E-state index contributed by atoms with van der Waals surface area (Å²) < 4.78 is 4.82. The van der Waals surface area contributed by atoms with Crippen LogP contribution in [0, 0.1) is 0 Å². The van der Waals surface area contributed by atoms with Crippen LogP contribution in [0.15, 0.2) is 0 Å². The normalized spacial score (nSPS) is 15.9. The molecule has 6 heteroatoms. The lowest BCUT2D eigenvalue weighted by molar-refractivity contribution is -0.156. The van der Waals surface area contributed by atoms with Gasteiger partial charge in [0.15, 0.2) is 0 Å². The van der Waals surface area contributed by atoms with E-state index in [0.29, 0.717) is 13.1 Å². The highest BCUT2D eigenvalue weighted by molar-refractivity contribution is 6.35. The van der Waals surface area contributed by atoms with Crippen LogP contribution in [0.1, 0.15) is 26.7 Å². The molecule has 6 nitrogen and oxygen atoms in total. The van der Waals surface area contributed by atoms with E-state index in [1.807, 2.05) is 0 Å². The lowest BCUT2D eigenvalue weighted by atomic mass is 10.2. The highest BCUT2D eigenvalue weighted by atomic mass is 16.6. The maximum Gasteiger partial charge on any atom is 0.428 e. The van der Waals surface area contributed by atoms with E-state index in [1.54, 1.807) is 6.92 Å². The van der Waals surface area contributed by atoms with Gasteiger partial charge in [-0.3, -0.25) is 9.59 Å². The van der Waals surface area contributed by atoms with E-state index in [-0.39, 0.29) is 6.61 Å². The van der Waals surface area contributed by atoms with Crippen molar-refractivity contribution in [1.29, 1.82) is 0 Å². The van der Waals surface area contributed by atoms with Crippen molar-refractivity contribution in [3.63, 3.8) is 0 Å². The summed E-state index contributed by atoms with van der Waals surface area (Å²) in [6.07, 6.45) is 1.02. The average Bonchev–Trinajstić information content (AvgIpc) is 2.28. The summed E-state index contributed by atoms with van der Waals surface area (Å²) in [5.74, 6) is -1.23. The molecule has 0 N–H and O–H groups in total. The lowest BCUT2D eigenvalue weighted by Gasteiger charge is -2.36. The highest BCUT2D eigenvalue weighted by Gasteiger charge is 2.31. The molecule has 1 heterocycles. The van der Waals surface area contributed by atoms with Crippen molar-refractivity contribution in [3.05, 3.63) is 0 Å². The Bertz CT molecular complexity index is 303. The molecule has 0 bridgehead atoms. The Morgan fingerprint density at radius 1 is 1.12 bits per heavy atom.